The van der Waals surface area contributed by atoms with Crippen LogP contribution in [0.25, 0.3) is 0 Å². The zero-order valence-electron chi connectivity index (χ0n) is 14.6. The highest BCUT2D eigenvalue weighted by molar-refractivity contribution is 5.53. The molecule has 0 radical (unpaired) electrons. The lowest BCUT2D eigenvalue weighted by Gasteiger charge is -2.39. The van der Waals surface area contributed by atoms with Crippen LogP contribution in [0.1, 0.15) is 28.3 Å². The SMILES string of the molecule is COc1ccc2c(c1OC)C[NH+]1CCc3cc4c(cc3[C@@H]1C2)OCO4. The average molecular weight is 340 g/mol. The summed E-state index contributed by atoms with van der Waals surface area (Å²) in [5.41, 5.74) is 5.46. The molecule has 2 atom stereocenters. The third kappa shape index (κ3) is 2.19. The lowest BCUT2D eigenvalue weighted by Crippen LogP contribution is -3.13. The van der Waals surface area contributed by atoms with Crippen molar-refractivity contribution in [3.63, 3.8) is 0 Å². The molecule has 0 saturated carbocycles. The van der Waals surface area contributed by atoms with E-state index >= 15 is 0 Å². The molecular formula is C20H22NO4+. The van der Waals surface area contributed by atoms with E-state index in [4.69, 9.17) is 18.9 Å². The molecule has 3 aliphatic heterocycles. The predicted molar refractivity (Wildman–Crippen MR) is 91.8 cm³/mol. The second kappa shape index (κ2) is 5.56. The monoisotopic (exact) mass is 340 g/mol. The molecule has 0 fully saturated rings. The standard InChI is InChI=1S/C20H21NO4/c1-22-17-4-3-12-7-16-14-9-19-18(24-11-25-19)8-13(14)5-6-21(16)10-15(12)20(17)23-2/h3-4,8-9,16H,5-7,10-11H2,1-2H3/p+1/t16-/m0/s1. The van der Waals surface area contributed by atoms with Crippen molar-refractivity contribution in [1.29, 1.82) is 0 Å². The fourth-order valence-electron chi connectivity index (χ4n) is 4.56. The van der Waals surface area contributed by atoms with Crippen LogP contribution >= 0.6 is 0 Å². The Balaban J connectivity index is 1.57. The summed E-state index contributed by atoms with van der Waals surface area (Å²) in [6.07, 6.45) is 2.08. The van der Waals surface area contributed by atoms with Gasteiger partial charge in [0.2, 0.25) is 6.79 Å². The molecule has 2 aromatic rings. The Morgan fingerprint density at radius 1 is 1.04 bits per heavy atom. The third-order valence-electron chi connectivity index (χ3n) is 5.79. The zero-order chi connectivity index (χ0) is 17.0. The van der Waals surface area contributed by atoms with Gasteiger partial charge in [0.25, 0.3) is 0 Å². The maximum atomic E-state index is 5.67. The maximum absolute atomic E-state index is 5.67. The molecule has 5 nitrogen and oxygen atoms in total. The topological polar surface area (TPSA) is 41.4 Å². The first kappa shape index (κ1) is 14.9. The van der Waals surface area contributed by atoms with Crippen LogP contribution < -0.4 is 23.8 Å². The fraction of sp³-hybridized carbons (Fsp3) is 0.400. The van der Waals surface area contributed by atoms with Gasteiger partial charge >= 0.3 is 0 Å². The number of hydrogen-bond donors (Lipinski definition) is 1. The van der Waals surface area contributed by atoms with Crippen LogP contribution in [0.4, 0.5) is 0 Å². The Bertz CT molecular complexity index is 848. The number of benzene rings is 2. The van der Waals surface area contributed by atoms with Crippen molar-refractivity contribution in [2.75, 3.05) is 27.6 Å². The van der Waals surface area contributed by atoms with E-state index in [1.807, 2.05) is 6.07 Å². The predicted octanol–water partition coefficient (Wildman–Crippen LogP) is 1.67. The molecule has 130 valence electrons. The first-order valence-electron chi connectivity index (χ1n) is 8.78. The van der Waals surface area contributed by atoms with Gasteiger partial charge in [-0.05, 0) is 29.3 Å². The highest BCUT2D eigenvalue weighted by atomic mass is 16.7. The van der Waals surface area contributed by atoms with Crippen molar-refractivity contribution >= 4 is 0 Å². The lowest BCUT2D eigenvalue weighted by molar-refractivity contribution is -0.949. The summed E-state index contributed by atoms with van der Waals surface area (Å²) in [5.74, 6) is 3.49. The van der Waals surface area contributed by atoms with E-state index in [9.17, 15) is 0 Å². The maximum Gasteiger partial charge on any atom is 0.231 e. The molecule has 2 aromatic carbocycles. The molecule has 0 aromatic heterocycles. The van der Waals surface area contributed by atoms with E-state index in [-0.39, 0.29) is 0 Å². The Morgan fingerprint density at radius 2 is 1.88 bits per heavy atom. The van der Waals surface area contributed by atoms with Crippen molar-refractivity contribution in [2.24, 2.45) is 0 Å². The van der Waals surface area contributed by atoms with Gasteiger partial charge in [-0.2, -0.15) is 0 Å². The molecule has 25 heavy (non-hydrogen) atoms. The normalized spacial score (nSPS) is 22.6. The van der Waals surface area contributed by atoms with Gasteiger partial charge in [-0.15, -0.1) is 0 Å². The van der Waals surface area contributed by atoms with Crippen molar-refractivity contribution < 1.29 is 23.8 Å². The van der Waals surface area contributed by atoms with Gasteiger partial charge in [0.05, 0.1) is 26.3 Å². The first-order chi connectivity index (χ1) is 12.3. The van der Waals surface area contributed by atoms with E-state index in [2.05, 4.69) is 18.2 Å². The summed E-state index contributed by atoms with van der Waals surface area (Å²) in [4.78, 5) is 1.59. The van der Waals surface area contributed by atoms with Gasteiger partial charge in [0.15, 0.2) is 23.0 Å². The van der Waals surface area contributed by atoms with Gasteiger partial charge in [-0.25, -0.2) is 0 Å². The van der Waals surface area contributed by atoms with Gasteiger partial charge in [0.1, 0.15) is 12.6 Å². The van der Waals surface area contributed by atoms with Gasteiger partial charge in [0, 0.05) is 18.4 Å². The van der Waals surface area contributed by atoms with Gasteiger partial charge < -0.3 is 23.8 Å². The average Bonchev–Trinajstić information content (AvgIpc) is 3.11. The smallest absolute Gasteiger partial charge is 0.231 e. The number of hydrogen-bond acceptors (Lipinski definition) is 4. The molecule has 0 bridgehead atoms. The summed E-state index contributed by atoms with van der Waals surface area (Å²) in [7, 11) is 3.42. The summed E-state index contributed by atoms with van der Waals surface area (Å²) in [5, 5.41) is 0. The molecule has 0 amide bonds. The summed E-state index contributed by atoms with van der Waals surface area (Å²) >= 11 is 0. The van der Waals surface area contributed by atoms with Crippen molar-refractivity contribution in [1.82, 2.24) is 0 Å². The molecule has 1 unspecified atom stereocenters. The van der Waals surface area contributed by atoms with E-state index in [0.29, 0.717) is 12.8 Å². The molecule has 0 saturated heterocycles. The molecule has 5 heteroatoms. The third-order valence-corrected chi connectivity index (χ3v) is 5.79. The largest absolute Gasteiger partial charge is 0.493 e. The van der Waals surface area contributed by atoms with Crippen molar-refractivity contribution in [3.05, 3.63) is 46.5 Å². The van der Waals surface area contributed by atoms with Crippen molar-refractivity contribution in [2.45, 2.75) is 25.4 Å². The van der Waals surface area contributed by atoms with Gasteiger partial charge in [-0.1, -0.05) is 6.07 Å². The highest BCUT2D eigenvalue weighted by Gasteiger charge is 2.38. The second-order valence-electron chi connectivity index (χ2n) is 6.93. The zero-order valence-corrected chi connectivity index (χ0v) is 14.6. The number of rotatable bonds is 2. The molecule has 0 aliphatic carbocycles. The molecule has 1 N–H and O–H groups in total. The van der Waals surface area contributed by atoms with Crippen LogP contribution in [0, 0.1) is 0 Å². The van der Waals surface area contributed by atoms with E-state index in [0.717, 1.165) is 48.9 Å². The highest BCUT2D eigenvalue weighted by Crippen LogP contribution is 2.41. The van der Waals surface area contributed by atoms with E-state index in [1.165, 1.54) is 22.3 Å². The minimum atomic E-state index is 0.333. The van der Waals surface area contributed by atoms with Crippen LogP contribution in [0.5, 0.6) is 23.0 Å². The summed E-state index contributed by atoms with van der Waals surface area (Å²) < 4.78 is 22.3. The van der Waals surface area contributed by atoms with Crippen molar-refractivity contribution in [3.8, 4) is 23.0 Å². The number of fused-ring (bicyclic) bond motifs is 5. The fourth-order valence-corrected chi connectivity index (χ4v) is 4.56. The number of nitrogens with one attached hydrogen (secondary N) is 1. The second-order valence-corrected chi connectivity index (χ2v) is 6.93. The van der Waals surface area contributed by atoms with Crippen LogP contribution in [0.15, 0.2) is 24.3 Å². The Morgan fingerprint density at radius 3 is 2.68 bits per heavy atom. The Labute approximate surface area is 147 Å². The van der Waals surface area contributed by atoms with Crippen LogP contribution in [0.2, 0.25) is 0 Å². The number of quaternary nitrogens is 1. The number of methoxy groups -OCH3 is 2. The van der Waals surface area contributed by atoms with Gasteiger partial charge in [-0.3, -0.25) is 0 Å². The Hall–Kier alpha value is -2.40. The van der Waals surface area contributed by atoms with Crippen LogP contribution in [-0.4, -0.2) is 27.6 Å². The summed E-state index contributed by atoms with van der Waals surface area (Å²) in [6.45, 7) is 2.42. The lowest BCUT2D eigenvalue weighted by atomic mass is 9.83. The molecule has 3 aliphatic rings. The quantitative estimate of drug-likeness (QED) is 0.903. The van der Waals surface area contributed by atoms with Crippen LogP contribution in [-0.2, 0) is 19.4 Å². The molecule has 5 rings (SSSR count). The Kier molecular flexibility index (Phi) is 3.31. The molecular weight excluding hydrogens is 318 g/mol. The molecule has 3 heterocycles. The summed E-state index contributed by atoms with van der Waals surface area (Å²) in [6, 6.07) is 9.05. The van der Waals surface area contributed by atoms with E-state index in [1.54, 1.807) is 19.1 Å². The first-order valence-corrected chi connectivity index (χ1v) is 8.78. The minimum Gasteiger partial charge on any atom is -0.493 e. The van der Waals surface area contributed by atoms with Crippen LogP contribution in [0.3, 0.4) is 0 Å². The number of ether oxygens (including phenoxy) is 4. The molecule has 0 spiro atoms. The van der Waals surface area contributed by atoms with E-state index < -0.39 is 0 Å². The minimum absolute atomic E-state index is 0.333.